The predicted molar refractivity (Wildman–Crippen MR) is 135 cm³/mol. The predicted octanol–water partition coefficient (Wildman–Crippen LogP) is 6.70. The molecule has 0 bridgehead atoms. The van der Waals surface area contributed by atoms with Crippen molar-refractivity contribution in [3.63, 3.8) is 0 Å². The van der Waals surface area contributed by atoms with Gasteiger partial charge in [-0.3, -0.25) is 9.80 Å². The summed E-state index contributed by atoms with van der Waals surface area (Å²) in [6.07, 6.45) is -2.57. The molecule has 1 aliphatic heterocycles. The molecule has 0 saturated heterocycles. The van der Waals surface area contributed by atoms with Gasteiger partial charge in [0, 0.05) is 16.1 Å². The smallest absolute Gasteiger partial charge is 0.324 e. The van der Waals surface area contributed by atoms with Gasteiger partial charge in [0.15, 0.2) is 0 Å². The topological polar surface area (TPSA) is 44.7 Å². The lowest BCUT2D eigenvalue weighted by molar-refractivity contribution is -0.137. The van der Waals surface area contributed by atoms with Gasteiger partial charge in [0.25, 0.3) is 0 Å². The Kier molecular flexibility index (Phi) is 7.15. The van der Waals surface area contributed by atoms with Crippen molar-refractivity contribution in [3.05, 3.63) is 94.5 Å². The fraction of sp³-hybridized carbons (Fsp3) is 0.231. The van der Waals surface area contributed by atoms with Crippen molar-refractivity contribution in [1.29, 1.82) is 0 Å². The number of hydrazone groups is 1. The molecule has 35 heavy (non-hydrogen) atoms. The summed E-state index contributed by atoms with van der Waals surface area (Å²) in [5.74, 6) is -0.243. The van der Waals surface area contributed by atoms with E-state index in [1.165, 1.54) is 12.1 Å². The fourth-order valence-electron chi connectivity index (χ4n) is 4.16. The highest BCUT2D eigenvalue weighted by Crippen LogP contribution is 2.39. The monoisotopic (exact) mass is 517 g/mol. The van der Waals surface area contributed by atoms with Gasteiger partial charge < -0.3 is 5.32 Å². The first-order valence-corrected chi connectivity index (χ1v) is 12.4. The van der Waals surface area contributed by atoms with Crippen molar-refractivity contribution < 1.29 is 18.0 Å². The summed E-state index contributed by atoms with van der Waals surface area (Å²) in [7, 11) is 0. The first-order valence-electron chi connectivity index (χ1n) is 10.8. The first kappa shape index (κ1) is 25.1. The number of nitrogens with one attached hydrogen (secondary N) is 1. The fourth-order valence-corrected chi connectivity index (χ4v) is 4.86. The molecule has 3 aromatic carbocycles. The normalized spacial score (nSPS) is 17.9. The third-order valence-electron chi connectivity index (χ3n) is 5.92. The Balaban J connectivity index is 1.62. The van der Waals surface area contributed by atoms with Crippen LogP contribution in [0, 0.1) is 0 Å². The van der Waals surface area contributed by atoms with E-state index in [0.717, 1.165) is 16.5 Å². The van der Waals surface area contributed by atoms with Crippen LogP contribution in [0.1, 0.15) is 23.6 Å². The Morgan fingerprint density at radius 3 is 2.40 bits per heavy atom. The maximum Gasteiger partial charge on any atom is 0.417 e. The van der Waals surface area contributed by atoms with E-state index in [0.29, 0.717) is 23.5 Å². The SMILES string of the molecule is CSc1ccc(NC(=O)CN2CC(C)(c3ccccc3)C(c3ccc(C(F)(F)F)c(Cl)c3)=N2)cc1. The van der Waals surface area contributed by atoms with Crippen LogP contribution < -0.4 is 5.32 Å². The third-order valence-corrected chi connectivity index (χ3v) is 6.98. The lowest BCUT2D eigenvalue weighted by Gasteiger charge is -2.27. The van der Waals surface area contributed by atoms with E-state index < -0.39 is 22.2 Å². The minimum atomic E-state index is -4.55. The number of hydrogen-bond donors (Lipinski definition) is 1. The number of carbonyl (C=O) groups is 1. The summed E-state index contributed by atoms with van der Waals surface area (Å²) in [5.41, 5.74) is 1.08. The van der Waals surface area contributed by atoms with Gasteiger partial charge in [-0.1, -0.05) is 48.0 Å². The van der Waals surface area contributed by atoms with Crippen molar-refractivity contribution >= 4 is 40.7 Å². The van der Waals surface area contributed by atoms with Gasteiger partial charge in [0.2, 0.25) is 5.91 Å². The molecule has 4 rings (SSSR count). The Labute approximate surface area is 211 Å². The zero-order valence-corrected chi connectivity index (χ0v) is 20.6. The number of alkyl halides is 3. The molecule has 1 N–H and O–H groups in total. The second-order valence-electron chi connectivity index (χ2n) is 8.44. The van der Waals surface area contributed by atoms with Crippen molar-refractivity contribution in [2.45, 2.75) is 23.4 Å². The van der Waals surface area contributed by atoms with E-state index in [4.69, 9.17) is 11.6 Å². The highest BCUT2D eigenvalue weighted by molar-refractivity contribution is 7.98. The lowest BCUT2D eigenvalue weighted by atomic mass is 9.76. The van der Waals surface area contributed by atoms with Crippen molar-refractivity contribution in [2.75, 3.05) is 24.7 Å². The summed E-state index contributed by atoms with van der Waals surface area (Å²) >= 11 is 7.62. The summed E-state index contributed by atoms with van der Waals surface area (Å²) in [6.45, 7) is 2.33. The van der Waals surface area contributed by atoms with Gasteiger partial charge >= 0.3 is 6.18 Å². The maximum atomic E-state index is 13.2. The molecule has 0 aliphatic carbocycles. The van der Waals surface area contributed by atoms with E-state index in [9.17, 15) is 18.0 Å². The van der Waals surface area contributed by atoms with Gasteiger partial charge in [-0.05, 0) is 55.1 Å². The zero-order valence-electron chi connectivity index (χ0n) is 19.1. The highest BCUT2D eigenvalue weighted by atomic mass is 35.5. The largest absolute Gasteiger partial charge is 0.417 e. The number of hydrogen-bond acceptors (Lipinski definition) is 4. The summed E-state index contributed by atoms with van der Waals surface area (Å²) < 4.78 is 39.7. The minimum absolute atomic E-state index is 0.00936. The van der Waals surface area contributed by atoms with Crippen molar-refractivity contribution in [2.24, 2.45) is 5.10 Å². The molecule has 0 radical (unpaired) electrons. The van der Waals surface area contributed by atoms with E-state index in [1.54, 1.807) is 16.8 Å². The zero-order chi connectivity index (χ0) is 25.2. The highest BCUT2D eigenvalue weighted by Gasteiger charge is 2.42. The number of benzene rings is 3. The molecular weight excluding hydrogens is 495 g/mol. The van der Waals surface area contributed by atoms with Gasteiger partial charge in [0.1, 0.15) is 6.54 Å². The standard InChI is InChI=1S/C26H23ClF3N3OS/c1-25(18-6-4-3-5-7-18)16-33(15-23(34)31-19-9-11-20(35-2)12-10-19)32-24(25)17-8-13-21(22(27)14-17)26(28,29)30/h3-14H,15-16H2,1-2H3,(H,31,34). The third kappa shape index (κ3) is 5.49. The molecule has 0 spiro atoms. The number of thioether (sulfide) groups is 1. The molecule has 1 unspecified atom stereocenters. The van der Waals surface area contributed by atoms with Crippen LogP contribution in [0.2, 0.25) is 5.02 Å². The van der Waals surface area contributed by atoms with Crippen LogP contribution >= 0.6 is 23.4 Å². The molecular formula is C26H23ClF3N3OS. The molecule has 1 amide bonds. The van der Waals surface area contributed by atoms with Crippen LogP contribution in [0.4, 0.5) is 18.9 Å². The number of halogens is 4. The number of nitrogens with zero attached hydrogens (tertiary/aromatic N) is 2. The molecule has 0 fully saturated rings. The van der Waals surface area contributed by atoms with Crippen LogP contribution in [0.5, 0.6) is 0 Å². The molecule has 182 valence electrons. The molecule has 4 nitrogen and oxygen atoms in total. The van der Waals surface area contributed by atoms with E-state index in [-0.39, 0.29) is 12.5 Å². The number of rotatable bonds is 6. The van der Waals surface area contributed by atoms with Crippen LogP contribution in [0.15, 0.2) is 82.8 Å². The van der Waals surface area contributed by atoms with Crippen LogP contribution in [0.3, 0.4) is 0 Å². The van der Waals surface area contributed by atoms with E-state index in [2.05, 4.69) is 10.4 Å². The molecule has 0 saturated carbocycles. The van der Waals surface area contributed by atoms with Gasteiger partial charge in [-0.25, -0.2) is 0 Å². The average Bonchev–Trinajstić information content (AvgIpc) is 3.16. The quantitative estimate of drug-likeness (QED) is 0.370. The summed E-state index contributed by atoms with van der Waals surface area (Å²) in [5, 5.41) is 8.79. The van der Waals surface area contributed by atoms with E-state index >= 15 is 0 Å². The second kappa shape index (κ2) is 9.95. The summed E-state index contributed by atoms with van der Waals surface area (Å²) in [4.78, 5) is 13.8. The van der Waals surface area contributed by atoms with Crippen molar-refractivity contribution in [1.82, 2.24) is 5.01 Å². The number of amides is 1. The Morgan fingerprint density at radius 2 is 1.80 bits per heavy atom. The van der Waals surface area contributed by atoms with Crippen molar-refractivity contribution in [3.8, 4) is 0 Å². The molecule has 1 aliphatic rings. The average molecular weight is 518 g/mol. The van der Waals surface area contributed by atoms with Crippen LogP contribution in [-0.4, -0.2) is 36.0 Å². The molecule has 0 aromatic heterocycles. The lowest BCUT2D eigenvalue weighted by Crippen LogP contribution is -2.38. The molecule has 1 atom stereocenters. The van der Waals surface area contributed by atoms with Gasteiger partial charge in [-0.2, -0.15) is 18.3 Å². The first-order chi connectivity index (χ1) is 16.6. The Bertz CT molecular complexity index is 1250. The maximum absolute atomic E-state index is 13.2. The number of anilines is 1. The van der Waals surface area contributed by atoms with E-state index in [1.807, 2.05) is 67.8 Å². The minimum Gasteiger partial charge on any atom is -0.324 e. The Hall–Kier alpha value is -2.97. The summed E-state index contributed by atoms with van der Waals surface area (Å²) in [6, 6.07) is 20.7. The Morgan fingerprint density at radius 1 is 1.11 bits per heavy atom. The second-order valence-corrected chi connectivity index (χ2v) is 9.73. The molecule has 1 heterocycles. The van der Waals surface area contributed by atoms with Gasteiger partial charge in [0.05, 0.1) is 28.3 Å². The van der Waals surface area contributed by atoms with Crippen LogP contribution in [-0.2, 0) is 16.4 Å². The van der Waals surface area contributed by atoms with Crippen LogP contribution in [0.25, 0.3) is 0 Å². The molecule has 9 heteroatoms. The number of carbonyl (C=O) groups excluding carboxylic acids is 1. The van der Waals surface area contributed by atoms with Gasteiger partial charge in [-0.15, -0.1) is 11.8 Å². The molecule has 3 aromatic rings.